The molecule has 31 heavy (non-hydrogen) atoms. The first-order valence-corrected chi connectivity index (χ1v) is 11.3. The lowest BCUT2D eigenvalue weighted by atomic mass is 9.65. The second kappa shape index (κ2) is 10.9. The third-order valence-corrected chi connectivity index (χ3v) is 7.24. The predicted molar refractivity (Wildman–Crippen MR) is 125 cm³/mol. The van der Waals surface area contributed by atoms with Gasteiger partial charge >= 0.3 is 0 Å². The minimum Gasteiger partial charge on any atom is -1.00 e. The fraction of sp³-hybridized carbons (Fsp3) is 0.560. The zero-order valence-electron chi connectivity index (χ0n) is 19.7. The van der Waals surface area contributed by atoms with Crippen LogP contribution in [0.3, 0.4) is 0 Å². The van der Waals surface area contributed by atoms with Gasteiger partial charge in [-0.3, -0.25) is 0 Å². The summed E-state index contributed by atoms with van der Waals surface area (Å²) < 4.78 is 2.07. The Kier molecular flexibility index (Phi) is 8.87. The minimum absolute atomic E-state index is 0. The molecule has 2 aromatic rings. The summed E-state index contributed by atoms with van der Waals surface area (Å²) in [6.07, 6.45) is 17.8. The van der Waals surface area contributed by atoms with E-state index in [2.05, 4.69) is 72.4 Å². The van der Waals surface area contributed by atoms with Gasteiger partial charge in [-0.05, 0) is 76.7 Å². The van der Waals surface area contributed by atoms with Crippen molar-refractivity contribution in [3.8, 4) is 0 Å². The van der Waals surface area contributed by atoms with Crippen LogP contribution in [0.25, 0.3) is 11.2 Å². The highest BCUT2D eigenvalue weighted by atomic mass is 35.5. The highest BCUT2D eigenvalue weighted by Crippen LogP contribution is 2.45. The molecular formula is C25H38ClN5. The smallest absolute Gasteiger partial charge is 0.271 e. The van der Waals surface area contributed by atoms with E-state index in [1.807, 2.05) is 6.33 Å². The number of hydrogen-bond donors (Lipinski definition) is 2. The lowest BCUT2D eigenvalue weighted by molar-refractivity contribution is -0.660. The molecule has 0 amide bonds. The molecular weight excluding hydrogens is 406 g/mol. The number of H-pyrrole nitrogens is 1. The number of nitrogens with one attached hydrogen (secondary N) is 1. The fourth-order valence-electron chi connectivity index (χ4n) is 4.52. The Labute approximate surface area is 193 Å². The molecule has 3 N–H and O–H groups in total. The maximum absolute atomic E-state index is 6.01. The summed E-state index contributed by atoms with van der Waals surface area (Å²) in [5.74, 6) is 1.29. The number of aromatic amines is 1. The zero-order valence-corrected chi connectivity index (χ0v) is 20.5. The standard InChI is InChI=1S/C25H37N5.ClH/c1-18(12-14-25(5)20(3)10-7-11-21(25)4)8-6-9-19(2)13-15-30-17-29-24-22(30)23(26)27-16-28-24;/h8,10,13,16-17,21H,6-7,9,11-12,14-15H2,1-5H3,(H2,26,27,28);1H/b18-8+,19-13+;/t21-,25-;/m0./s1. The number of allylic oxidation sites excluding steroid dienone is 6. The largest absolute Gasteiger partial charge is 1.00 e. The Morgan fingerprint density at radius 1 is 1.26 bits per heavy atom. The second-order valence-electron chi connectivity index (χ2n) is 9.30. The van der Waals surface area contributed by atoms with Crippen LogP contribution in [-0.4, -0.2) is 15.0 Å². The molecule has 2 aromatic heterocycles. The summed E-state index contributed by atoms with van der Waals surface area (Å²) in [7, 11) is 0. The van der Waals surface area contributed by atoms with E-state index in [-0.39, 0.29) is 12.4 Å². The molecule has 0 spiro atoms. The molecule has 0 aliphatic heterocycles. The van der Waals surface area contributed by atoms with E-state index in [0.717, 1.165) is 36.5 Å². The summed E-state index contributed by atoms with van der Waals surface area (Å²) >= 11 is 0. The molecule has 0 unspecified atom stereocenters. The van der Waals surface area contributed by atoms with Crippen molar-refractivity contribution < 1.29 is 17.0 Å². The van der Waals surface area contributed by atoms with Gasteiger partial charge in [-0.15, -0.1) is 0 Å². The van der Waals surface area contributed by atoms with Crippen LogP contribution in [0, 0.1) is 11.3 Å². The van der Waals surface area contributed by atoms with Gasteiger partial charge in [0.15, 0.2) is 5.82 Å². The Bertz CT molecular complexity index is 971. The first kappa shape index (κ1) is 25.1. The Morgan fingerprint density at radius 3 is 2.74 bits per heavy atom. The average Bonchev–Trinajstić information content (AvgIpc) is 3.14. The molecule has 6 heteroatoms. The third-order valence-electron chi connectivity index (χ3n) is 7.24. The summed E-state index contributed by atoms with van der Waals surface area (Å²) in [6.45, 7) is 12.5. The van der Waals surface area contributed by atoms with Crippen LogP contribution >= 0.6 is 0 Å². The summed E-state index contributed by atoms with van der Waals surface area (Å²) in [5.41, 5.74) is 12.5. The molecule has 3 rings (SSSR count). The first-order chi connectivity index (χ1) is 14.3. The molecule has 2 heterocycles. The highest BCUT2D eigenvalue weighted by molar-refractivity contribution is 5.76. The number of halogens is 1. The lowest BCUT2D eigenvalue weighted by Gasteiger charge is -2.40. The molecule has 170 valence electrons. The van der Waals surface area contributed by atoms with Crippen molar-refractivity contribution >= 4 is 17.0 Å². The molecule has 0 aromatic carbocycles. The number of aromatic nitrogens is 4. The van der Waals surface area contributed by atoms with Crippen LogP contribution in [0.4, 0.5) is 5.82 Å². The van der Waals surface area contributed by atoms with E-state index in [4.69, 9.17) is 5.73 Å². The van der Waals surface area contributed by atoms with Gasteiger partial charge in [-0.2, -0.15) is 4.98 Å². The van der Waals surface area contributed by atoms with Gasteiger partial charge in [0.25, 0.3) is 5.65 Å². The molecule has 1 aliphatic rings. The van der Waals surface area contributed by atoms with E-state index in [9.17, 15) is 0 Å². The molecule has 1 aliphatic carbocycles. The lowest BCUT2D eigenvalue weighted by Crippen LogP contribution is -3.00. The van der Waals surface area contributed by atoms with Crippen molar-refractivity contribution in [2.75, 3.05) is 5.73 Å². The van der Waals surface area contributed by atoms with E-state index >= 15 is 0 Å². The van der Waals surface area contributed by atoms with Crippen LogP contribution in [0.5, 0.6) is 0 Å². The van der Waals surface area contributed by atoms with Crippen LogP contribution in [-0.2, 0) is 6.54 Å². The maximum atomic E-state index is 6.01. The molecule has 0 saturated heterocycles. The van der Waals surface area contributed by atoms with Crippen LogP contribution < -0.4 is 22.7 Å². The fourth-order valence-corrected chi connectivity index (χ4v) is 4.52. The minimum atomic E-state index is 0. The van der Waals surface area contributed by atoms with Gasteiger partial charge in [0.05, 0.1) is 0 Å². The second-order valence-corrected chi connectivity index (χ2v) is 9.30. The van der Waals surface area contributed by atoms with Gasteiger partial charge in [0.2, 0.25) is 11.8 Å². The number of anilines is 1. The average molecular weight is 444 g/mol. The maximum Gasteiger partial charge on any atom is 0.271 e. The number of nitrogen functional groups attached to an aromatic ring is 1. The van der Waals surface area contributed by atoms with Crippen molar-refractivity contribution in [2.45, 2.75) is 79.7 Å². The molecule has 0 fully saturated rings. The third kappa shape index (κ3) is 5.97. The molecule has 0 radical (unpaired) electrons. The predicted octanol–water partition coefficient (Wildman–Crippen LogP) is 2.67. The molecule has 0 saturated carbocycles. The number of hydrogen-bond acceptors (Lipinski definition) is 3. The quantitative estimate of drug-likeness (QED) is 0.486. The van der Waals surface area contributed by atoms with E-state index < -0.39 is 0 Å². The van der Waals surface area contributed by atoms with Crippen molar-refractivity contribution in [2.24, 2.45) is 11.3 Å². The summed E-state index contributed by atoms with van der Waals surface area (Å²) in [5, 5.41) is 0. The number of rotatable bonds is 8. The number of fused-ring (bicyclic) bond motifs is 1. The first-order valence-electron chi connectivity index (χ1n) is 11.3. The SMILES string of the molecule is CC1=CCC[C@H](C)[C@@]1(C)CC/C(C)=C/CC/C(C)=C/C[n+]1c[nH]c2ncnc(N)c21.[Cl-]. The van der Waals surface area contributed by atoms with Gasteiger partial charge in [-0.1, -0.05) is 42.7 Å². The summed E-state index contributed by atoms with van der Waals surface area (Å²) in [4.78, 5) is 11.5. The number of imidazole rings is 1. The van der Waals surface area contributed by atoms with Crippen molar-refractivity contribution in [1.29, 1.82) is 0 Å². The van der Waals surface area contributed by atoms with Crippen molar-refractivity contribution in [3.63, 3.8) is 0 Å². The normalized spacial score (nSPS) is 22.4. The van der Waals surface area contributed by atoms with Crippen LogP contribution in [0.1, 0.15) is 73.1 Å². The molecule has 0 bridgehead atoms. The van der Waals surface area contributed by atoms with Crippen LogP contribution in [0.2, 0.25) is 0 Å². The number of nitrogens with zero attached hydrogens (tertiary/aromatic N) is 3. The van der Waals surface area contributed by atoms with E-state index in [1.54, 1.807) is 5.57 Å². The topological polar surface area (TPSA) is 71.5 Å². The van der Waals surface area contributed by atoms with Crippen LogP contribution in [0.15, 0.2) is 47.6 Å². The van der Waals surface area contributed by atoms with Gasteiger partial charge in [-0.25, -0.2) is 14.5 Å². The Balaban J connectivity index is 0.00000341. The van der Waals surface area contributed by atoms with E-state index in [1.165, 1.54) is 43.2 Å². The molecule has 2 atom stereocenters. The zero-order chi connectivity index (χ0) is 21.7. The Morgan fingerprint density at radius 2 is 2.00 bits per heavy atom. The van der Waals surface area contributed by atoms with E-state index in [0.29, 0.717) is 11.2 Å². The summed E-state index contributed by atoms with van der Waals surface area (Å²) in [6, 6.07) is 0. The molecule has 5 nitrogen and oxygen atoms in total. The van der Waals surface area contributed by atoms with Gasteiger partial charge in [0, 0.05) is 0 Å². The van der Waals surface area contributed by atoms with Crippen molar-refractivity contribution in [1.82, 2.24) is 15.0 Å². The number of nitrogens with two attached hydrogens (primary N) is 1. The monoisotopic (exact) mass is 443 g/mol. The van der Waals surface area contributed by atoms with Crippen molar-refractivity contribution in [3.05, 3.63) is 47.6 Å². The highest BCUT2D eigenvalue weighted by Gasteiger charge is 2.34. The van der Waals surface area contributed by atoms with Gasteiger partial charge in [0.1, 0.15) is 12.9 Å². The Hall–Kier alpha value is -2.14. The van der Waals surface area contributed by atoms with Gasteiger partial charge < -0.3 is 18.1 Å².